The van der Waals surface area contributed by atoms with E-state index in [1.165, 1.54) is 6.07 Å². The van der Waals surface area contributed by atoms with Gasteiger partial charge < -0.3 is 5.32 Å². The molecule has 6 heteroatoms. The Kier molecular flexibility index (Phi) is 4.59. The van der Waals surface area contributed by atoms with Crippen LogP contribution in [0, 0.1) is 6.92 Å². The van der Waals surface area contributed by atoms with Gasteiger partial charge in [-0.2, -0.15) is 0 Å². The highest BCUT2D eigenvalue weighted by atomic mass is 35.5. The molecule has 134 valence electrons. The summed E-state index contributed by atoms with van der Waals surface area (Å²) in [5.41, 5.74) is 0.879. The molecule has 3 amide bonds. The Balaban J connectivity index is 1.91. The van der Waals surface area contributed by atoms with Gasteiger partial charge in [-0.15, -0.1) is 0 Å². The van der Waals surface area contributed by atoms with Crippen molar-refractivity contribution in [2.24, 2.45) is 0 Å². The van der Waals surface area contributed by atoms with Gasteiger partial charge in [-0.3, -0.25) is 14.5 Å². The maximum absolute atomic E-state index is 13.0. The smallest absolute Gasteiger partial charge is 0.319 e. The number of imide groups is 1. The normalized spacial score (nSPS) is 20.8. The molecule has 5 nitrogen and oxygen atoms in total. The molecular weight excluding hydrogens is 352 g/mol. The second-order valence-electron chi connectivity index (χ2n) is 6.65. The predicted octanol–water partition coefficient (Wildman–Crippen LogP) is 3.69. The first-order valence-corrected chi connectivity index (χ1v) is 8.64. The third-order valence-electron chi connectivity index (χ3n) is 4.73. The van der Waals surface area contributed by atoms with E-state index in [0.29, 0.717) is 16.1 Å². The molecular formula is C20H19ClN2O3. The van der Waals surface area contributed by atoms with Crippen LogP contribution >= 0.6 is 11.6 Å². The number of urea groups is 1. The number of Topliss-reactive ketones (excluding diaryl/α,β-unsaturated/α-hetero) is 1. The lowest BCUT2D eigenvalue weighted by Crippen LogP contribution is -2.45. The molecule has 1 saturated heterocycles. The average molecular weight is 371 g/mol. The van der Waals surface area contributed by atoms with Crippen LogP contribution in [0.4, 0.5) is 4.79 Å². The van der Waals surface area contributed by atoms with Crippen LogP contribution in [0.15, 0.2) is 48.5 Å². The molecule has 0 saturated carbocycles. The van der Waals surface area contributed by atoms with Crippen molar-refractivity contribution in [2.45, 2.75) is 32.4 Å². The molecule has 0 aromatic heterocycles. The first-order valence-electron chi connectivity index (χ1n) is 8.27. The minimum atomic E-state index is -1.20. The van der Waals surface area contributed by atoms with E-state index in [1.807, 2.05) is 19.1 Å². The number of nitrogens with one attached hydrogen (secondary N) is 1. The van der Waals surface area contributed by atoms with Gasteiger partial charge >= 0.3 is 6.03 Å². The van der Waals surface area contributed by atoms with Crippen LogP contribution in [-0.2, 0) is 10.3 Å². The number of benzene rings is 2. The van der Waals surface area contributed by atoms with Crippen molar-refractivity contribution in [3.05, 3.63) is 70.2 Å². The van der Waals surface area contributed by atoms with E-state index >= 15 is 0 Å². The van der Waals surface area contributed by atoms with E-state index in [-0.39, 0.29) is 5.78 Å². The first kappa shape index (κ1) is 18.1. The van der Waals surface area contributed by atoms with E-state index in [9.17, 15) is 14.4 Å². The fourth-order valence-corrected chi connectivity index (χ4v) is 3.29. The summed E-state index contributed by atoms with van der Waals surface area (Å²) in [4.78, 5) is 39.3. The highest BCUT2D eigenvalue weighted by Gasteiger charge is 2.51. The van der Waals surface area contributed by atoms with Gasteiger partial charge in [0.1, 0.15) is 11.6 Å². The quantitative estimate of drug-likeness (QED) is 0.659. The van der Waals surface area contributed by atoms with Crippen molar-refractivity contribution in [1.29, 1.82) is 0 Å². The van der Waals surface area contributed by atoms with Gasteiger partial charge in [0.05, 0.1) is 0 Å². The van der Waals surface area contributed by atoms with Gasteiger partial charge in [0.25, 0.3) is 5.91 Å². The zero-order valence-corrected chi connectivity index (χ0v) is 15.5. The number of carbonyl (C=O) groups excluding carboxylic acids is 3. The van der Waals surface area contributed by atoms with Crippen molar-refractivity contribution in [2.75, 3.05) is 0 Å². The summed E-state index contributed by atoms with van der Waals surface area (Å²) >= 11 is 5.94. The Morgan fingerprint density at radius 1 is 1.15 bits per heavy atom. The zero-order valence-electron chi connectivity index (χ0n) is 14.7. The SMILES string of the molecule is Cc1ccc([C@]2(C)NC(=O)N(C(C)C(=O)c3cccc(Cl)c3)C2=O)cc1. The molecule has 0 radical (unpaired) electrons. The second kappa shape index (κ2) is 6.57. The number of carbonyl (C=O) groups is 3. The molecule has 2 aromatic carbocycles. The van der Waals surface area contributed by atoms with Crippen LogP contribution < -0.4 is 5.32 Å². The third kappa shape index (κ3) is 2.99. The summed E-state index contributed by atoms with van der Waals surface area (Å²) in [7, 11) is 0. The molecule has 26 heavy (non-hydrogen) atoms. The van der Waals surface area contributed by atoms with E-state index in [1.54, 1.807) is 44.2 Å². The van der Waals surface area contributed by atoms with E-state index in [2.05, 4.69) is 5.32 Å². The van der Waals surface area contributed by atoms with Gasteiger partial charge in [-0.1, -0.05) is 53.6 Å². The number of hydrogen-bond donors (Lipinski definition) is 1. The number of aryl methyl sites for hydroxylation is 1. The van der Waals surface area contributed by atoms with Crippen LogP contribution in [0.25, 0.3) is 0 Å². The van der Waals surface area contributed by atoms with Crippen molar-refractivity contribution < 1.29 is 14.4 Å². The fraction of sp³-hybridized carbons (Fsp3) is 0.250. The fourth-order valence-electron chi connectivity index (χ4n) is 3.10. The van der Waals surface area contributed by atoms with Crippen LogP contribution in [-0.4, -0.2) is 28.7 Å². The minimum Gasteiger partial charge on any atom is -0.319 e. The molecule has 0 aliphatic carbocycles. The predicted molar refractivity (Wildman–Crippen MR) is 99.2 cm³/mol. The Hall–Kier alpha value is -2.66. The lowest BCUT2D eigenvalue weighted by Gasteiger charge is -2.24. The van der Waals surface area contributed by atoms with Crippen molar-refractivity contribution >= 4 is 29.3 Å². The Morgan fingerprint density at radius 3 is 2.42 bits per heavy atom. The molecule has 2 aromatic rings. The van der Waals surface area contributed by atoms with Gasteiger partial charge in [-0.25, -0.2) is 4.79 Å². The molecule has 1 aliphatic rings. The van der Waals surface area contributed by atoms with E-state index < -0.39 is 23.5 Å². The molecule has 3 rings (SSSR count). The topological polar surface area (TPSA) is 66.5 Å². The zero-order chi connectivity index (χ0) is 19.1. The van der Waals surface area contributed by atoms with Crippen LogP contribution in [0.5, 0.6) is 0 Å². The lowest BCUT2D eigenvalue weighted by molar-refractivity contribution is -0.131. The summed E-state index contributed by atoms with van der Waals surface area (Å²) in [6.07, 6.45) is 0. The van der Waals surface area contributed by atoms with Gasteiger partial charge in [0.15, 0.2) is 5.78 Å². The van der Waals surface area contributed by atoms with E-state index in [0.717, 1.165) is 10.5 Å². The number of hydrogen-bond acceptors (Lipinski definition) is 3. The van der Waals surface area contributed by atoms with Crippen LogP contribution in [0.2, 0.25) is 5.02 Å². The minimum absolute atomic E-state index is 0.343. The second-order valence-corrected chi connectivity index (χ2v) is 7.08. The van der Waals surface area contributed by atoms with Gasteiger partial charge in [0, 0.05) is 10.6 Å². The Morgan fingerprint density at radius 2 is 1.81 bits per heavy atom. The Bertz CT molecular complexity index is 894. The molecule has 1 N–H and O–H groups in total. The summed E-state index contributed by atoms with van der Waals surface area (Å²) in [5.74, 6) is -0.793. The largest absolute Gasteiger partial charge is 0.325 e. The van der Waals surface area contributed by atoms with Gasteiger partial charge in [-0.05, 0) is 38.5 Å². The molecule has 1 unspecified atom stereocenters. The molecule has 1 fully saturated rings. The lowest BCUT2D eigenvalue weighted by atomic mass is 9.91. The summed E-state index contributed by atoms with van der Waals surface area (Å²) in [6.45, 7) is 5.13. The van der Waals surface area contributed by atoms with Crippen molar-refractivity contribution in [3.8, 4) is 0 Å². The van der Waals surface area contributed by atoms with Crippen LogP contribution in [0.3, 0.4) is 0 Å². The molecule has 1 aliphatic heterocycles. The molecule has 0 spiro atoms. The maximum atomic E-state index is 13.0. The summed E-state index contributed by atoms with van der Waals surface area (Å²) in [6, 6.07) is 12.3. The van der Waals surface area contributed by atoms with Crippen LogP contribution in [0.1, 0.15) is 35.3 Å². The van der Waals surface area contributed by atoms with Gasteiger partial charge in [0.2, 0.25) is 0 Å². The first-order chi connectivity index (χ1) is 12.2. The third-order valence-corrected chi connectivity index (χ3v) is 4.96. The standard InChI is InChI=1S/C20H19ClN2O3/c1-12-7-9-15(10-8-12)20(3)18(25)23(19(26)22-20)13(2)17(24)14-5-4-6-16(21)11-14/h4-11,13H,1-3H3,(H,22,26)/t13?,20-/m0/s1. The molecule has 0 bridgehead atoms. The number of rotatable bonds is 4. The monoisotopic (exact) mass is 370 g/mol. The van der Waals surface area contributed by atoms with Crippen molar-refractivity contribution in [3.63, 3.8) is 0 Å². The highest BCUT2D eigenvalue weighted by Crippen LogP contribution is 2.31. The maximum Gasteiger partial charge on any atom is 0.325 e. The van der Waals surface area contributed by atoms with E-state index in [4.69, 9.17) is 11.6 Å². The Labute approximate surface area is 156 Å². The number of ketones is 1. The summed E-state index contributed by atoms with van der Waals surface area (Å²) in [5, 5.41) is 3.14. The summed E-state index contributed by atoms with van der Waals surface area (Å²) < 4.78 is 0. The molecule has 2 atom stereocenters. The highest BCUT2D eigenvalue weighted by molar-refractivity contribution is 6.31. The number of halogens is 1. The number of amides is 3. The van der Waals surface area contributed by atoms with Crippen molar-refractivity contribution in [1.82, 2.24) is 10.2 Å². The average Bonchev–Trinajstić information content (AvgIpc) is 2.84. The molecule has 1 heterocycles. The number of nitrogens with zero attached hydrogens (tertiary/aromatic N) is 1.